The van der Waals surface area contributed by atoms with Crippen LogP contribution in [0.5, 0.6) is 11.5 Å². The molecule has 12 nitrogen and oxygen atoms in total. The summed E-state index contributed by atoms with van der Waals surface area (Å²) in [5.74, 6) is -0.0590. The van der Waals surface area contributed by atoms with Gasteiger partial charge in [-0.25, -0.2) is 4.98 Å². The van der Waals surface area contributed by atoms with Crippen molar-refractivity contribution in [3.05, 3.63) is 48.0 Å². The predicted octanol–water partition coefficient (Wildman–Crippen LogP) is 0.397. The molecule has 0 amide bonds. The van der Waals surface area contributed by atoms with Crippen LogP contribution in [0.15, 0.2) is 42.5 Å². The van der Waals surface area contributed by atoms with Crippen molar-refractivity contribution in [3.8, 4) is 11.5 Å². The van der Waals surface area contributed by atoms with Crippen LogP contribution >= 0.6 is 0 Å². The number of rotatable bonds is 14. The first-order chi connectivity index (χ1) is 18.5. The Morgan fingerprint density at radius 2 is 1.87 bits per heavy atom. The number of carbonyl (C=O) groups is 2. The predicted molar refractivity (Wildman–Crippen MR) is 137 cm³/mol. The van der Waals surface area contributed by atoms with Crippen LogP contribution in [-0.2, 0) is 20.9 Å². The number of nitrogens with one attached hydrogen (secondary N) is 2. The summed E-state index contributed by atoms with van der Waals surface area (Å²) < 4.78 is 18.4. The lowest BCUT2D eigenvalue weighted by atomic mass is 10.2. The fourth-order valence-electron chi connectivity index (χ4n) is 4.14. The minimum Gasteiger partial charge on any atom is -0.493 e. The van der Waals surface area contributed by atoms with E-state index in [2.05, 4.69) is 15.6 Å². The summed E-state index contributed by atoms with van der Waals surface area (Å²) in [5, 5.41) is 33.9. The summed E-state index contributed by atoms with van der Waals surface area (Å²) in [6.07, 6.45) is -1.78. The van der Waals surface area contributed by atoms with E-state index < -0.39 is 30.5 Å². The molecule has 0 spiro atoms. The first-order valence-corrected chi connectivity index (χ1v) is 12.3. The van der Waals surface area contributed by atoms with Crippen molar-refractivity contribution in [1.29, 1.82) is 0 Å². The minimum atomic E-state index is -1.23. The zero-order valence-corrected chi connectivity index (χ0v) is 21.0. The average Bonchev–Trinajstić information content (AvgIpc) is 3.45. The Labute approximate surface area is 219 Å². The summed E-state index contributed by atoms with van der Waals surface area (Å²) in [7, 11) is 1.55. The van der Waals surface area contributed by atoms with Gasteiger partial charge in [0.1, 0.15) is 6.10 Å². The fourth-order valence-corrected chi connectivity index (χ4v) is 4.14. The van der Waals surface area contributed by atoms with Crippen molar-refractivity contribution >= 4 is 28.5 Å². The molecule has 1 saturated heterocycles. The van der Waals surface area contributed by atoms with Gasteiger partial charge in [0.25, 0.3) is 5.78 Å². The SMILES string of the molecule is COc1ccc(CNc2nc3ccccc3n2[C@@H]2O[C@H](CO)C(=O)C2=O)cc1OCCCNC(CO)CO. The van der Waals surface area contributed by atoms with Crippen LogP contribution < -0.4 is 20.1 Å². The number of fused-ring (bicyclic) bond motifs is 1. The van der Waals surface area contributed by atoms with E-state index in [4.69, 9.17) is 24.4 Å². The minimum absolute atomic E-state index is 0.145. The van der Waals surface area contributed by atoms with Gasteiger partial charge in [0.05, 0.1) is 50.6 Å². The molecule has 1 aromatic heterocycles. The first-order valence-electron chi connectivity index (χ1n) is 12.3. The molecule has 2 aromatic carbocycles. The number of aromatic nitrogens is 2. The van der Waals surface area contributed by atoms with Crippen LogP contribution in [0, 0.1) is 0 Å². The van der Waals surface area contributed by atoms with E-state index in [-0.39, 0.29) is 19.3 Å². The highest BCUT2D eigenvalue weighted by atomic mass is 16.5. The molecule has 2 atom stereocenters. The largest absolute Gasteiger partial charge is 0.493 e. The van der Waals surface area contributed by atoms with E-state index in [1.807, 2.05) is 18.2 Å². The number of ether oxygens (including phenoxy) is 3. The number of carbonyl (C=O) groups excluding carboxylic acids is 2. The highest BCUT2D eigenvalue weighted by Gasteiger charge is 2.44. The monoisotopic (exact) mass is 528 g/mol. The number of benzene rings is 2. The second-order valence-electron chi connectivity index (χ2n) is 8.74. The number of para-hydroxylation sites is 2. The standard InChI is InChI=1S/C26H32N4O8/c1-36-20-8-7-16(11-21(20)37-10-4-9-27-17(13-31)14-32)12-28-26-29-18-5-2-3-6-19(18)30(26)25-24(35)23(34)22(15-33)38-25/h2-3,5-8,11,17,22,25,27,31-33H,4,9-10,12-15H2,1H3,(H,28,29)/t22-,25-/m1/s1. The van der Waals surface area contributed by atoms with Gasteiger partial charge in [-0.15, -0.1) is 0 Å². The Balaban J connectivity index is 1.47. The van der Waals surface area contributed by atoms with Crippen LogP contribution in [0.1, 0.15) is 18.2 Å². The van der Waals surface area contributed by atoms with E-state index >= 15 is 0 Å². The van der Waals surface area contributed by atoms with Crippen LogP contribution in [-0.4, -0.2) is 88.7 Å². The number of Topliss-reactive ketones (excluding diaryl/α,β-unsaturated/α-hetero) is 2. The summed E-state index contributed by atoms with van der Waals surface area (Å²) in [6.45, 7) is 0.400. The Hall–Kier alpha value is -3.55. The normalized spacial score (nSPS) is 17.5. The van der Waals surface area contributed by atoms with Gasteiger partial charge in [0.2, 0.25) is 18.0 Å². The Kier molecular flexibility index (Phi) is 9.26. The third-order valence-corrected chi connectivity index (χ3v) is 6.18. The number of nitrogens with zero attached hydrogens (tertiary/aromatic N) is 2. The van der Waals surface area contributed by atoms with Crippen LogP contribution in [0.25, 0.3) is 11.0 Å². The summed E-state index contributed by atoms with van der Waals surface area (Å²) in [6, 6.07) is 12.3. The lowest BCUT2D eigenvalue weighted by molar-refractivity contribution is -0.136. The van der Waals surface area contributed by atoms with Gasteiger partial charge in [-0.2, -0.15) is 0 Å². The molecule has 5 N–H and O–H groups in total. The second-order valence-corrected chi connectivity index (χ2v) is 8.74. The van der Waals surface area contributed by atoms with E-state index in [1.54, 1.807) is 31.4 Å². The highest BCUT2D eigenvalue weighted by Crippen LogP contribution is 2.32. The van der Waals surface area contributed by atoms with Gasteiger partial charge in [0, 0.05) is 6.54 Å². The van der Waals surface area contributed by atoms with Crippen molar-refractivity contribution in [2.75, 3.05) is 45.4 Å². The lowest BCUT2D eigenvalue weighted by Gasteiger charge is -2.17. The Bertz CT molecular complexity index is 1260. The van der Waals surface area contributed by atoms with Crippen LogP contribution in [0.3, 0.4) is 0 Å². The molecule has 204 valence electrons. The maximum Gasteiger partial charge on any atom is 0.251 e. The van der Waals surface area contributed by atoms with Crippen molar-refractivity contribution in [1.82, 2.24) is 14.9 Å². The first kappa shape index (κ1) is 27.5. The Morgan fingerprint density at radius 3 is 2.58 bits per heavy atom. The number of aliphatic hydroxyl groups excluding tert-OH is 3. The van der Waals surface area contributed by atoms with Crippen molar-refractivity contribution < 1.29 is 39.1 Å². The molecule has 12 heteroatoms. The maximum absolute atomic E-state index is 12.7. The number of anilines is 1. The van der Waals surface area contributed by atoms with Gasteiger partial charge < -0.3 is 40.2 Å². The third kappa shape index (κ3) is 5.95. The van der Waals surface area contributed by atoms with Gasteiger partial charge in [0.15, 0.2) is 11.5 Å². The van der Waals surface area contributed by atoms with E-state index in [0.717, 1.165) is 5.56 Å². The van der Waals surface area contributed by atoms with Gasteiger partial charge in [-0.1, -0.05) is 18.2 Å². The van der Waals surface area contributed by atoms with Crippen LogP contribution in [0.2, 0.25) is 0 Å². The van der Waals surface area contributed by atoms with Crippen molar-refractivity contribution in [2.24, 2.45) is 0 Å². The van der Waals surface area contributed by atoms with E-state index in [1.165, 1.54) is 4.57 Å². The highest BCUT2D eigenvalue weighted by molar-refractivity contribution is 6.41. The number of methoxy groups -OCH3 is 1. The van der Waals surface area contributed by atoms with Crippen LogP contribution in [0.4, 0.5) is 5.95 Å². The molecule has 38 heavy (non-hydrogen) atoms. The second kappa shape index (κ2) is 12.8. The number of ketones is 2. The molecule has 0 bridgehead atoms. The van der Waals surface area contributed by atoms with E-state index in [9.17, 15) is 14.7 Å². The molecule has 2 heterocycles. The van der Waals surface area contributed by atoms with E-state index in [0.29, 0.717) is 54.6 Å². The Morgan fingerprint density at radius 1 is 1.08 bits per heavy atom. The molecule has 1 fully saturated rings. The topological polar surface area (TPSA) is 164 Å². The molecule has 4 rings (SSSR count). The molecule has 0 unspecified atom stereocenters. The molecule has 0 radical (unpaired) electrons. The maximum atomic E-state index is 12.7. The smallest absolute Gasteiger partial charge is 0.251 e. The quantitative estimate of drug-likeness (QED) is 0.145. The molecule has 1 aliphatic heterocycles. The number of imidazole rings is 1. The van der Waals surface area contributed by atoms with Gasteiger partial charge in [-0.3, -0.25) is 14.2 Å². The van der Waals surface area contributed by atoms with Gasteiger partial charge in [-0.05, 0) is 42.8 Å². The van der Waals surface area contributed by atoms with Crippen molar-refractivity contribution in [2.45, 2.75) is 31.3 Å². The average molecular weight is 529 g/mol. The zero-order chi connectivity index (χ0) is 27.1. The zero-order valence-electron chi connectivity index (χ0n) is 21.0. The molecule has 0 saturated carbocycles. The number of aliphatic hydroxyl groups is 3. The third-order valence-electron chi connectivity index (χ3n) is 6.18. The summed E-state index contributed by atoms with van der Waals surface area (Å²) in [4.78, 5) is 29.5. The number of hydrogen-bond donors (Lipinski definition) is 5. The number of hydrogen-bond acceptors (Lipinski definition) is 11. The van der Waals surface area contributed by atoms with Crippen molar-refractivity contribution in [3.63, 3.8) is 0 Å². The van der Waals surface area contributed by atoms with Gasteiger partial charge >= 0.3 is 0 Å². The fraction of sp³-hybridized carbons (Fsp3) is 0.423. The summed E-state index contributed by atoms with van der Waals surface area (Å²) in [5.41, 5.74) is 2.07. The molecule has 0 aliphatic carbocycles. The summed E-state index contributed by atoms with van der Waals surface area (Å²) >= 11 is 0. The molecular weight excluding hydrogens is 496 g/mol. The molecule has 1 aliphatic rings. The molecular formula is C26H32N4O8. The molecule has 3 aromatic rings. The lowest BCUT2D eigenvalue weighted by Crippen LogP contribution is -2.36.